The smallest absolute Gasteiger partial charge is 0.254 e. The molecule has 7 nitrogen and oxygen atoms in total. The normalized spacial score (nSPS) is 20.9. The van der Waals surface area contributed by atoms with E-state index in [9.17, 15) is 4.79 Å². The minimum atomic E-state index is -0.0554. The van der Waals surface area contributed by atoms with Gasteiger partial charge in [-0.2, -0.15) is 0 Å². The topological polar surface area (TPSA) is 69.7 Å². The maximum absolute atomic E-state index is 10.8. The van der Waals surface area contributed by atoms with Gasteiger partial charge in [-0.3, -0.25) is 9.69 Å². The first kappa shape index (κ1) is 21.7. The second-order valence-electron chi connectivity index (χ2n) is 8.08. The first-order valence-corrected chi connectivity index (χ1v) is 11.2. The Morgan fingerprint density at radius 2 is 2.09 bits per heavy atom. The lowest BCUT2D eigenvalue weighted by molar-refractivity contribution is -0.118. The number of benzene rings is 1. The highest BCUT2D eigenvalue weighted by Crippen LogP contribution is 2.30. The number of ether oxygens (including phenoxy) is 1. The standard InChI is InChI=1S/C13H19N3O.C12H12N2O/c1-2-11-5-6-13(14-8-11)15-9-12-4-3-7-16(12)10-17;1-9-11(10-5-3-2-4-6-10)13-12-14(9)7-8-15-12/h5-6,8,10,12H,2-4,7,9H2,1H3,(H,14,15);2-8,12-13H,1H3. The van der Waals surface area contributed by atoms with Crippen molar-refractivity contribution in [3.05, 3.63) is 77.9 Å². The molecule has 0 aliphatic carbocycles. The number of anilines is 1. The van der Waals surface area contributed by atoms with Gasteiger partial charge in [0.05, 0.1) is 5.70 Å². The molecular formula is C25H31N5O2. The third-order valence-electron chi connectivity index (χ3n) is 6.07. The van der Waals surface area contributed by atoms with Crippen molar-refractivity contribution in [2.75, 3.05) is 18.4 Å². The van der Waals surface area contributed by atoms with E-state index in [1.165, 1.54) is 16.8 Å². The van der Waals surface area contributed by atoms with Crippen LogP contribution in [0.25, 0.3) is 5.70 Å². The number of hydrogen-bond donors (Lipinski definition) is 2. The van der Waals surface area contributed by atoms with Crippen molar-refractivity contribution in [1.29, 1.82) is 0 Å². The van der Waals surface area contributed by atoms with Gasteiger partial charge in [0.1, 0.15) is 12.1 Å². The number of amides is 1. The summed E-state index contributed by atoms with van der Waals surface area (Å²) in [5.74, 6) is 0.889. The van der Waals surface area contributed by atoms with E-state index in [0.717, 1.165) is 50.3 Å². The third kappa shape index (κ3) is 4.88. The maximum Gasteiger partial charge on any atom is 0.254 e. The molecule has 168 valence electrons. The van der Waals surface area contributed by atoms with Gasteiger partial charge in [-0.15, -0.1) is 0 Å². The Bertz CT molecular complexity index is 958. The second-order valence-corrected chi connectivity index (χ2v) is 8.08. The number of pyridine rings is 1. The van der Waals surface area contributed by atoms with Gasteiger partial charge in [0.25, 0.3) is 6.35 Å². The zero-order valence-electron chi connectivity index (χ0n) is 18.7. The van der Waals surface area contributed by atoms with Crippen molar-refractivity contribution in [2.45, 2.75) is 45.5 Å². The highest BCUT2D eigenvalue weighted by Gasteiger charge is 2.31. The number of aromatic nitrogens is 1. The maximum atomic E-state index is 10.8. The third-order valence-corrected chi connectivity index (χ3v) is 6.07. The molecular weight excluding hydrogens is 402 g/mol. The van der Waals surface area contributed by atoms with Gasteiger partial charge in [-0.05, 0) is 43.4 Å². The molecule has 1 amide bonds. The van der Waals surface area contributed by atoms with Gasteiger partial charge >= 0.3 is 0 Å². The molecule has 1 saturated heterocycles. The quantitative estimate of drug-likeness (QED) is 0.677. The van der Waals surface area contributed by atoms with Gasteiger partial charge in [0.2, 0.25) is 6.41 Å². The summed E-state index contributed by atoms with van der Waals surface area (Å²) < 4.78 is 5.39. The van der Waals surface area contributed by atoms with Crippen molar-refractivity contribution in [2.24, 2.45) is 0 Å². The monoisotopic (exact) mass is 433 g/mol. The molecule has 0 spiro atoms. The van der Waals surface area contributed by atoms with Crippen LogP contribution >= 0.6 is 0 Å². The summed E-state index contributed by atoms with van der Waals surface area (Å²) in [5.41, 5.74) is 4.78. The van der Waals surface area contributed by atoms with E-state index in [0.29, 0.717) is 6.04 Å². The number of hydrogen-bond acceptors (Lipinski definition) is 6. The number of carbonyl (C=O) groups excluding carboxylic acids is 1. The fourth-order valence-electron chi connectivity index (χ4n) is 4.14. The Morgan fingerprint density at radius 3 is 2.78 bits per heavy atom. The highest BCUT2D eigenvalue weighted by molar-refractivity contribution is 5.68. The predicted octanol–water partition coefficient (Wildman–Crippen LogP) is 3.74. The van der Waals surface area contributed by atoms with E-state index >= 15 is 0 Å². The molecule has 2 unspecified atom stereocenters. The summed E-state index contributed by atoms with van der Waals surface area (Å²) in [7, 11) is 0. The zero-order chi connectivity index (χ0) is 22.3. The van der Waals surface area contributed by atoms with E-state index in [4.69, 9.17) is 4.74 Å². The van der Waals surface area contributed by atoms with Crippen LogP contribution in [0.1, 0.15) is 37.8 Å². The Balaban J connectivity index is 0.000000154. The summed E-state index contributed by atoms with van der Waals surface area (Å²) in [5, 5.41) is 6.63. The molecule has 2 atom stereocenters. The van der Waals surface area contributed by atoms with E-state index in [1.807, 2.05) is 41.6 Å². The fraction of sp³-hybridized carbons (Fsp3) is 0.360. The lowest BCUT2D eigenvalue weighted by Crippen LogP contribution is -2.33. The van der Waals surface area contributed by atoms with Crippen molar-refractivity contribution in [1.82, 2.24) is 20.1 Å². The molecule has 2 aromatic rings. The van der Waals surface area contributed by atoms with Crippen LogP contribution in [-0.2, 0) is 16.0 Å². The SMILES string of the molecule is CC1=C(c2ccccc2)NC2OC=CN12.CCc1ccc(NCC2CCCN2C=O)nc1. The average Bonchev–Trinajstić information content (AvgIpc) is 3.57. The van der Waals surface area contributed by atoms with Crippen LogP contribution < -0.4 is 10.6 Å². The number of allylic oxidation sites excluding steroid dienone is 1. The van der Waals surface area contributed by atoms with Crippen LogP contribution in [0.4, 0.5) is 5.82 Å². The molecule has 1 aromatic heterocycles. The number of carbonyl (C=O) groups is 1. The molecule has 1 fully saturated rings. The largest absolute Gasteiger partial charge is 0.458 e. The van der Waals surface area contributed by atoms with Gasteiger partial charge in [0.15, 0.2) is 0 Å². The molecule has 0 saturated carbocycles. The Labute approximate surface area is 189 Å². The van der Waals surface area contributed by atoms with E-state index < -0.39 is 0 Å². The molecule has 2 N–H and O–H groups in total. The first-order valence-electron chi connectivity index (χ1n) is 11.2. The van der Waals surface area contributed by atoms with Gasteiger partial charge < -0.3 is 20.3 Å². The molecule has 0 bridgehead atoms. The molecule has 5 rings (SSSR count). The molecule has 3 aliphatic heterocycles. The predicted molar refractivity (Wildman–Crippen MR) is 126 cm³/mol. The second kappa shape index (κ2) is 10.2. The van der Waals surface area contributed by atoms with Gasteiger partial charge in [0, 0.05) is 37.2 Å². The molecule has 1 aromatic carbocycles. The number of rotatable bonds is 6. The van der Waals surface area contributed by atoms with E-state index in [-0.39, 0.29) is 6.35 Å². The Morgan fingerprint density at radius 1 is 1.25 bits per heavy atom. The van der Waals surface area contributed by atoms with Crippen molar-refractivity contribution in [3.8, 4) is 0 Å². The summed E-state index contributed by atoms with van der Waals surface area (Å²) >= 11 is 0. The number of likely N-dealkylation sites (tertiary alicyclic amines) is 1. The molecule has 32 heavy (non-hydrogen) atoms. The Kier molecular flexibility index (Phi) is 6.94. The summed E-state index contributed by atoms with van der Waals surface area (Å²) in [6.07, 6.45) is 9.65. The molecule has 7 heteroatoms. The van der Waals surface area contributed by atoms with Crippen LogP contribution in [0.5, 0.6) is 0 Å². The van der Waals surface area contributed by atoms with Crippen LogP contribution in [0.3, 0.4) is 0 Å². The lowest BCUT2D eigenvalue weighted by atomic mass is 10.1. The summed E-state index contributed by atoms with van der Waals surface area (Å²) in [6.45, 7) is 5.88. The molecule has 3 aliphatic rings. The number of fused-ring (bicyclic) bond motifs is 1. The van der Waals surface area contributed by atoms with Crippen LogP contribution in [0.15, 0.2) is 66.8 Å². The van der Waals surface area contributed by atoms with Crippen molar-refractivity contribution < 1.29 is 9.53 Å². The summed E-state index contributed by atoms with van der Waals surface area (Å²) in [4.78, 5) is 19.1. The van der Waals surface area contributed by atoms with Gasteiger partial charge in [-0.1, -0.05) is 43.3 Å². The van der Waals surface area contributed by atoms with Crippen LogP contribution in [0, 0.1) is 0 Å². The minimum Gasteiger partial charge on any atom is -0.458 e. The average molecular weight is 434 g/mol. The van der Waals surface area contributed by atoms with E-state index in [2.05, 4.69) is 52.6 Å². The highest BCUT2D eigenvalue weighted by atomic mass is 16.5. The first-order chi connectivity index (χ1) is 15.7. The van der Waals surface area contributed by atoms with Gasteiger partial charge in [-0.25, -0.2) is 4.98 Å². The molecule has 0 radical (unpaired) electrons. The Hall–Kier alpha value is -3.48. The minimum absolute atomic E-state index is 0.0554. The summed E-state index contributed by atoms with van der Waals surface area (Å²) in [6, 6.07) is 14.7. The fourth-order valence-corrected chi connectivity index (χ4v) is 4.14. The van der Waals surface area contributed by atoms with Crippen LogP contribution in [-0.4, -0.2) is 46.7 Å². The van der Waals surface area contributed by atoms with Crippen molar-refractivity contribution >= 4 is 17.9 Å². The van der Waals surface area contributed by atoms with Crippen LogP contribution in [0.2, 0.25) is 0 Å². The molecule has 4 heterocycles. The number of nitrogens with zero attached hydrogens (tertiary/aromatic N) is 3. The van der Waals surface area contributed by atoms with E-state index in [1.54, 1.807) is 6.26 Å². The zero-order valence-corrected chi connectivity index (χ0v) is 18.7. The number of aryl methyl sites for hydroxylation is 1. The lowest BCUT2D eigenvalue weighted by Gasteiger charge is -2.20. The van der Waals surface area contributed by atoms with Crippen molar-refractivity contribution in [3.63, 3.8) is 0 Å². The number of nitrogens with one attached hydrogen (secondary N) is 2.